The Morgan fingerprint density at radius 3 is 2.07 bits per heavy atom. The number of esters is 2. The van der Waals surface area contributed by atoms with Crippen LogP contribution in [0.25, 0.3) is 0 Å². The molecule has 0 aromatic heterocycles. The molecule has 0 bridgehead atoms. The van der Waals surface area contributed by atoms with Crippen molar-refractivity contribution in [3.05, 3.63) is 29.8 Å². The van der Waals surface area contributed by atoms with Crippen molar-refractivity contribution in [2.24, 2.45) is 11.8 Å². The lowest BCUT2D eigenvalue weighted by atomic mass is 9.69. The number of hydrogen-bond acceptors (Lipinski definition) is 9. The van der Waals surface area contributed by atoms with Crippen LogP contribution < -0.4 is 4.74 Å². The fourth-order valence-corrected chi connectivity index (χ4v) is 6.10. The summed E-state index contributed by atoms with van der Waals surface area (Å²) >= 11 is 0. The van der Waals surface area contributed by atoms with Crippen LogP contribution in [0.15, 0.2) is 24.3 Å². The number of carbonyl (C=O) groups excluding carboxylic acids is 4. The molecule has 41 heavy (non-hydrogen) atoms. The Morgan fingerprint density at radius 1 is 0.878 bits per heavy atom. The number of ether oxygens (including phenoxy) is 5. The first-order valence-corrected chi connectivity index (χ1v) is 13.9. The van der Waals surface area contributed by atoms with Crippen molar-refractivity contribution in [1.82, 2.24) is 9.80 Å². The van der Waals surface area contributed by atoms with Crippen molar-refractivity contribution in [2.45, 2.75) is 83.6 Å². The quantitative estimate of drug-likeness (QED) is 0.362. The van der Waals surface area contributed by atoms with Crippen molar-refractivity contribution >= 4 is 24.1 Å². The molecule has 0 saturated carbocycles. The molecule has 1 aromatic carbocycles. The number of carbonyl (C=O) groups is 4. The highest BCUT2D eigenvalue weighted by atomic mass is 16.6. The minimum atomic E-state index is -1.64. The summed E-state index contributed by atoms with van der Waals surface area (Å²) in [6.07, 6.45) is -0.371. The van der Waals surface area contributed by atoms with E-state index in [0.29, 0.717) is 18.6 Å². The van der Waals surface area contributed by atoms with Gasteiger partial charge in [0.05, 0.1) is 21.3 Å². The molecule has 0 N–H and O–H groups in total. The minimum absolute atomic E-state index is 0.117. The van der Waals surface area contributed by atoms with Crippen molar-refractivity contribution in [1.29, 1.82) is 0 Å². The molecule has 11 heteroatoms. The zero-order valence-corrected chi connectivity index (χ0v) is 25.6. The summed E-state index contributed by atoms with van der Waals surface area (Å²) in [5.41, 5.74) is -2.43. The second kappa shape index (κ2) is 12.2. The SMILES string of the molecule is COC(=O)[C@H]1C([C@]2(C(=O)OC)[C@H](Cc3cccc(OC)c3)CCN2C(=O)OC(C)(C)C)CCN1C(=O)OC(C)(C)C. The first-order chi connectivity index (χ1) is 19.1. The van der Waals surface area contributed by atoms with Crippen LogP contribution in [-0.4, -0.2) is 91.1 Å². The van der Waals surface area contributed by atoms with Gasteiger partial charge < -0.3 is 23.7 Å². The lowest BCUT2D eigenvalue weighted by Crippen LogP contribution is -2.66. The van der Waals surface area contributed by atoms with E-state index < -0.39 is 58.7 Å². The maximum Gasteiger partial charge on any atom is 0.411 e. The van der Waals surface area contributed by atoms with E-state index in [1.54, 1.807) is 48.7 Å². The van der Waals surface area contributed by atoms with Crippen LogP contribution >= 0.6 is 0 Å². The predicted molar refractivity (Wildman–Crippen MR) is 149 cm³/mol. The van der Waals surface area contributed by atoms with E-state index >= 15 is 0 Å². The molecule has 3 rings (SSSR count). The first kappa shape index (κ1) is 32.0. The van der Waals surface area contributed by atoms with E-state index in [0.717, 1.165) is 5.56 Å². The standard InChI is InChI=1S/C30H44N2O9/c1-28(2,3)40-26(35)31-15-14-22(23(31)24(33)38-8)30(25(34)39-9)20(17-19-11-10-12-21(18-19)37-7)13-16-32(30)27(36)41-29(4,5)6/h10-12,18,20,22-23H,13-17H2,1-9H3/t20-,22?,23+,30-/m0/s1. The Kier molecular flexibility index (Phi) is 9.50. The maximum atomic E-state index is 14.1. The molecule has 228 valence electrons. The van der Waals surface area contributed by atoms with Gasteiger partial charge in [-0.05, 0) is 84.4 Å². The molecule has 1 aromatic rings. The fraction of sp³-hybridized carbons (Fsp3) is 0.667. The van der Waals surface area contributed by atoms with E-state index in [1.165, 1.54) is 24.0 Å². The van der Waals surface area contributed by atoms with Crippen LogP contribution in [0, 0.1) is 11.8 Å². The number of nitrogens with zero attached hydrogens (tertiary/aromatic N) is 2. The molecule has 11 nitrogen and oxygen atoms in total. The van der Waals surface area contributed by atoms with Crippen molar-refractivity contribution in [3.8, 4) is 5.75 Å². The van der Waals surface area contributed by atoms with Crippen LogP contribution in [0.4, 0.5) is 9.59 Å². The van der Waals surface area contributed by atoms with Gasteiger partial charge in [-0.2, -0.15) is 0 Å². The Labute approximate surface area is 242 Å². The zero-order chi connectivity index (χ0) is 30.8. The fourth-order valence-electron chi connectivity index (χ4n) is 6.10. The number of methoxy groups -OCH3 is 3. The smallest absolute Gasteiger partial charge is 0.411 e. The predicted octanol–water partition coefficient (Wildman–Crippen LogP) is 4.21. The Morgan fingerprint density at radius 2 is 1.51 bits per heavy atom. The summed E-state index contributed by atoms with van der Waals surface area (Å²) in [7, 11) is 4.05. The van der Waals surface area contributed by atoms with E-state index in [-0.39, 0.29) is 19.5 Å². The third-order valence-corrected chi connectivity index (χ3v) is 7.55. The van der Waals surface area contributed by atoms with Gasteiger partial charge >= 0.3 is 24.1 Å². The summed E-state index contributed by atoms with van der Waals surface area (Å²) in [4.78, 5) is 57.2. The normalized spacial score (nSPS) is 24.6. The van der Waals surface area contributed by atoms with Crippen LogP contribution in [0.1, 0.15) is 59.9 Å². The lowest BCUT2D eigenvalue weighted by molar-refractivity contribution is -0.164. The maximum absolute atomic E-state index is 14.1. The topological polar surface area (TPSA) is 121 Å². The highest BCUT2D eigenvalue weighted by Gasteiger charge is 2.67. The number of likely N-dealkylation sites (tertiary alicyclic amines) is 2. The largest absolute Gasteiger partial charge is 0.497 e. The molecular formula is C30H44N2O9. The first-order valence-electron chi connectivity index (χ1n) is 13.9. The number of rotatable bonds is 6. The third kappa shape index (κ3) is 6.70. The summed E-state index contributed by atoms with van der Waals surface area (Å²) in [6, 6.07) is 6.26. The Hall–Kier alpha value is -3.50. The van der Waals surface area contributed by atoms with Gasteiger partial charge in [-0.1, -0.05) is 12.1 Å². The summed E-state index contributed by atoms with van der Waals surface area (Å²) in [6.45, 7) is 10.7. The van der Waals surface area contributed by atoms with E-state index in [1.807, 2.05) is 24.3 Å². The van der Waals surface area contributed by atoms with Gasteiger partial charge in [-0.15, -0.1) is 0 Å². The van der Waals surface area contributed by atoms with Gasteiger partial charge in [0, 0.05) is 19.0 Å². The van der Waals surface area contributed by atoms with E-state index in [2.05, 4.69) is 0 Å². The molecule has 0 radical (unpaired) electrons. The highest BCUT2D eigenvalue weighted by Crippen LogP contribution is 2.50. The highest BCUT2D eigenvalue weighted by molar-refractivity contribution is 5.91. The van der Waals surface area contributed by atoms with E-state index in [4.69, 9.17) is 23.7 Å². The second-order valence-corrected chi connectivity index (χ2v) is 12.5. The number of amides is 2. The Bertz CT molecular complexity index is 1140. The molecule has 4 atom stereocenters. The van der Waals surface area contributed by atoms with Crippen LogP contribution in [0.2, 0.25) is 0 Å². The summed E-state index contributed by atoms with van der Waals surface area (Å²) < 4.78 is 27.4. The molecule has 0 aliphatic carbocycles. The average molecular weight is 577 g/mol. The second-order valence-electron chi connectivity index (χ2n) is 12.5. The molecule has 2 amide bonds. The molecule has 2 saturated heterocycles. The van der Waals surface area contributed by atoms with Gasteiger partial charge in [0.2, 0.25) is 0 Å². The van der Waals surface area contributed by atoms with Gasteiger partial charge in [-0.3, -0.25) is 9.80 Å². The summed E-state index contributed by atoms with van der Waals surface area (Å²) in [5, 5.41) is 0. The molecule has 1 unspecified atom stereocenters. The van der Waals surface area contributed by atoms with Crippen LogP contribution in [-0.2, 0) is 35.0 Å². The zero-order valence-electron chi connectivity index (χ0n) is 25.6. The molecule has 2 aliphatic rings. The monoisotopic (exact) mass is 576 g/mol. The van der Waals surface area contributed by atoms with Crippen LogP contribution in [0.5, 0.6) is 5.75 Å². The van der Waals surface area contributed by atoms with Gasteiger partial charge in [0.25, 0.3) is 0 Å². The van der Waals surface area contributed by atoms with Crippen molar-refractivity contribution in [2.75, 3.05) is 34.4 Å². The van der Waals surface area contributed by atoms with E-state index in [9.17, 15) is 19.2 Å². The number of hydrogen-bond donors (Lipinski definition) is 0. The van der Waals surface area contributed by atoms with Gasteiger partial charge in [-0.25, -0.2) is 19.2 Å². The van der Waals surface area contributed by atoms with Gasteiger partial charge in [0.1, 0.15) is 23.0 Å². The van der Waals surface area contributed by atoms with Gasteiger partial charge in [0.15, 0.2) is 5.54 Å². The third-order valence-electron chi connectivity index (χ3n) is 7.55. The van der Waals surface area contributed by atoms with Crippen LogP contribution in [0.3, 0.4) is 0 Å². The molecule has 2 aliphatic heterocycles. The van der Waals surface area contributed by atoms with Crippen molar-refractivity contribution < 1.29 is 42.9 Å². The van der Waals surface area contributed by atoms with Crippen molar-refractivity contribution in [3.63, 3.8) is 0 Å². The molecule has 2 heterocycles. The average Bonchev–Trinajstić information content (AvgIpc) is 3.48. The Balaban J connectivity index is 2.20. The number of benzene rings is 1. The molecular weight excluding hydrogens is 532 g/mol. The molecule has 2 fully saturated rings. The summed E-state index contributed by atoms with van der Waals surface area (Å²) in [5.74, 6) is -2.08. The molecule has 0 spiro atoms. The lowest BCUT2D eigenvalue weighted by Gasteiger charge is -2.45. The minimum Gasteiger partial charge on any atom is -0.497 e.